The molecule has 0 aliphatic carbocycles. The van der Waals surface area contributed by atoms with E-state index in [1.54, 1.807) is 39.2 Å². The number of methoxy groups -OCH3 is 1. The summed E-state index contributed by atoms with van der Waals surface area (Å²) in [6.07, 6.45) is 1.74. The molecular weight excluding hydrogens is 386 g/mol. The molecule has 1 aromatic carbocycles. The van der Waals surface area contributed by atoms with Crippen molar-refractivity contribution in [1.29, 1.82) is 0 Å². The first-order valence-corrected chi connectivity index (χ1v) is 9.79. The van der Waals surface area contributed by atoms with Crippen molar-refractivity contribution < 1.29 is 23.8 Å². The fourth-order valence-electron chi connectivity index (χ4n) is 2.46. The first kappa shape index (κ1) is 21.2. The Balaban J connectivity index is 2.26. The van der Waals surface area contributed by atoms with Crippen LogP contribution in [-0.4, -0.2) is 47.0 Å². The third-order valence-electron chi connectivity index (χ3n) is 3.69. The molecule has 1 heterocycles. The first-order valence-electron chi connectivity index (χ1n) is 8.56. The number of benzene rings is 1. The molecule has 1 saturated heterocycles. The fourth-order valence-corrected chi connectivity index (χ4v) is 3.88. The van der Waals surface area contributed by atoms with Crippen molar-refractivity contribution in [1.82, 2.24) is 4.90 Å². The van der Waals surface area contributed by atoms with Gasteiger partial charge in [-0.3, -0.25) is 9.69 Å². The van der Waals surface area contributed by atoms with E-state index >= 15 is 0 Å². The number of nitrogens with zero attached hydrogens (tertiary/aromatic N) is 1. The van der Waals surface area contributed by atoms with Crippen molar-refractivity contribution in [2.45, 2.75) is 39.8 Å². The van der Waals surface area contributed by atoms with Gasteiger partial charge in [0, 0.05) is 0 Å². The van der Waals surface area contributed by atoms with Crippen molar-refractivity contribution in [3.05, 3.63) is 28.7 Å². The molecule has 0 radical (unpaired) electrons. The number of thioether (sulfide) groups is 1. The van der Waals surface area contributed by atoms with Gasteiger partial charge in [0.1, 0.15) is 10.4 Å². The van der Waals surface area contributed by atoms with Gasteiger partial charge in [0.2, 0.25) is 0 Å². The van der Waals surface area contributed by atoms with Crippen molar-refractivity contribution in [3.63, 3.8) is 0 Å². The summed E-state index contributed by atoms with van der Waals surface area (Å²) in [5, 5.41) is 0. The van der Waals surface area contributed by atoms with E-state index in [-0.39, 0.29) is 18.6 Å². The third-order valence-corrected chi connectivity index (χ3v) is 5.02. The van der Waals surface area contributed by atoms with Gasteiger partial charge in [-0.25, -0.2) is 4.79 Å². The minimum Gasteiger partial charge on any atom is -0.493 e. The molecule has 1 atom stereocenters. The molecule has 0 bridgehead atoms. The zero-order valence-corrected chi connectivity index (χ0v) is 17.6. The Labute approximate surface area is 168 Å². The molecule has 1 unspecified atom stereocenters. The van der Waals surface area contributed by atoms with Crippen LogP contribution in [0.1, 0.15) is 33.3 Å². The maximum Gasteiger partial charge on any atom is 0.329 e. The predicted molar refractivity (Wildman–Crippen MR) is 110 cm³/mol. The van der Waals surface area contributed by atoms with Gasteiger partial charge >= 0.3 is 5.97 Å². The van der Waals surface area contributed by atoms with E-state index in [1.807, 2.05) is 19.9 Å². The zero-order valence-electron chi connectivity index (χ0n) is 16.0. The molecular formula is C19H23NO5S2. The number of ether oxygens (including phenoxy) is 3. The summed E-state index contributed by atoms with van der Waals surface area (Å²) in [4.78, 5) is 26.4. The normalized spacial score (nSPS) is 16.8. The highest BCUT2D eigenvalue weighted by molar-refractivity contribution is 8.26. The SMILES string of the molecule is CCOC(=O)C(C)N1C(=O)/C(=C/c2ccc(OC(C)C)c(OC)c2)SC1=S. The van der Waals surface area contributed by atoms with Gasteiger partial charge in [-0.1, -0.05) is 30.0 Å². The lowest BCUT2D eigenvalue weighted by atomic mass is 10.1. The monoisotopic (exact) mass is 409 g/mol. The average molecular weight is 410 g/mol. The van der Waals surface area contributed by atoms with Crippen LogP contribution in [0.2, 0.25) is 0 Å². The lowest BCUT2D eigenvalue weighted by Gasteiger charge is -2.21. The minimum absolute atomic E-state index is 0.0189. The van der Waals surface area contributed by atoms with Crippen molar-refractivity contribution in [2.24, 2.45) is 0 Å². The van der Waals surface area contributed by atoms with E-state index in [0.717, 1.165) is 17.3 Å². The molecule has 6 nitrogen and oxygen atoms in total. The predicted octanol–water partition coefficient (Wildman–Crippen LogP) is 3.64. The Kier molecular flexibility index (Phi) is 7.26. The summed E-state index contributed by atoms with van der Waals surface area (Å²) < 4.78 is 16.4. The molecule has 0 N–H and O–H groups in total. The number of thiocarbonyl (C=S) groups is 1. The molecule has 1 amide bonds. The van der Waals surface area contributed by atoms with Gasteiger partial charge < -0.3 is 14.2 Å². The van der Waals surface area contributed by atoms with E-state index in [0.29, 0.717) is 20.7 Å². The first-order chi connectivity index (χ1) is 12.8. The summed E-state index contributed by atoms with van der Waals surface area (Å²) in [6, 6.07) is 4.66. The summed E-state index contributed by atoms with van der Waals surface area (Å²) in [5.74, 6) is 0.417. The molecule has 8 heteroatoms. The Hall–Kier alpha value is -2.06. The molecule has 146 valence electrons. The zero-order chi connectivity index (χ0) is 20.1. The molecule has 0 aromatic heterocycles. The topological polar surface area (TPSA) is 65.1 Å². The Bertz CT molecular complexity index is 775. The fraction of sp³-hybridized carbons (Fsp3) is 0.421. The maximum absolute atomic E-state index is 12.7. The van der Waals surface area contributed by atoms with Crippen molar-refractivity contribution in [2.75, 3.05) is 13.7 Å². The van der Waals surface area contributed by atoms with Gasteiger partial charge in [0.05, 0.1) is 24.7 Å². The smallest absolute Gasteiger partial charge is 0.329 e. The Morgan fingerprint density at radius 2 is 2.00 bits per heavy atom. The Morgan fingerprint density at radius 1 is 1.30 bits per heavy atom. The van der Waals surface area contributed by atoms with Crippen molar-refractivity contribution >= 4 is 46.3 Å². The number of esters is 1. The minimum atomic E-state index is -0.764. The van der Waals surface area contributed by atoms with Crippen LogP contribution >= 0.6 is 24.0 Å². The van der Waals surface area contributed by atoms with Crippen LogP contribution in [0.5, 0.6) is 11.5 Å². The lowest BCUT2D eigenvalue weighted by Crippen LogP contribution is -2.42. The molecule has 1 aliphatic rings. The second kappa shape index (κ2) is 9.23. The van der Waals surface area contributed by atoms with Crippen molar-refractivity contribution in [3.8, 4) is 11.5 Å². The highest BCUT2D eigenvalue weighted by Crippen LogP contribution is 2.36. The van der Waals surface area contributed by atoms with Gasteiger partial charge in [0.25, 0.3) is 5.91 Å². The van der Waals surface area contributed by atoms with Crippen LogP contribution in [-0.2, 0) is 14.3 Å². The highest BCUT2D eigenvalue weighted by Gasteiger charge is 2.38. The summed E-state index contributed by atoms with van der Waals surface area (Å²) in [6.45, 7) is 7.44. The Morgan fingerprint density at radius 3 is 2.59 bits per heavy atom. The third kappa shape index (κ3) is 5.01. The molecule has 0 saturated carbocycles. The molecule has 1 fully saturated rings. The van der Waals surface area contributed by atoms with Gasteiger partial charge in [-0.05, 0) is 51.5 Å². The second-order valence-electron chi connectivity index (χ2n) is 6.06. The standard InChI is InChI=1S/C19H23NO5S2/c1-6-24-18(22)12(4)20-17(21)16(27-19(20)26)10-13-7-8-14(25-11(2)3)15(9-13)23-5/h7-12H,6H2,1-5H3/b16-10-. The van der Waals surface area contributed by atoms with Gasteiger partial charge in [-0.15, -0.1) is 0 Å². The lowest BCUT2D eigenvalue weighted by molar-refractivity contribution is -0.149. The van der Waals surface area contributed by atoms with Gasteiger partial charge in [-0.2, -0.15) is 0 Å². The number of carbonyl (C=O) groups is 2. The highest BCUT2D eigenvalue weighted by atomic mass is 32.2. The molecule has 1 aromatic rings. The number of carbonyl (C=O) groups excluding carboxylic acids is 2. The van der Waals surface area contributed by atoms with E-state index in [1.165, 1.54) is 4.90 Å². The number of amides is 1. The summed E-state index contributed by atoms with van der Waals surface area (Å²) in [7, 11) is 1.56. The van der Waals surface area contributed by atoms with E-state index < -0.39 is 12.0 Å². The van der Waals surface area contributed by atoms with E-state index in [2.05, 4.69) is 0 Å². The summed E-state index contributed by atoms with van der Waals surface area (Å²) >= 11 is 6.44. The van der Waals surface area contributed by atoms with Crippen LogP contribution in [0.15, 0.2) is 23.1 Å². The number of hydrogen-bond donors (Lipinski definition) is 0. The quantitative estimate of drug-likeness (QED) is 0.387. The number of hydrogen-bond acceptors (Lipinski definition) is 7. The largest absolute Gasteiger partial charge is 0.493 e. The van der Waals surface area contributed by atoms with Gasteiger partial charge in [0.15, 0.2) is 11.5 Å². The van der Waals surface area contributed by atoms with Crippen LogP contribution < -0.4 is 9.47 Å². The molecule has 2 rings (SSSR count). The maximum atomic E-state index is 12.7. The average Bonchev–Trinajstić information content (AvgIpc) is 2.88. The van der Waals surface area contributed by atoms with Crippen LogP contribution in [0.3, 0.4) is 0 Å². The van der Waals surface area contributed by atoms with E-state index in [9.17, 15) is 9.59 Å². The van der Waals surface area contributed by atoms with Crippen LogP contribution in [0, 0.1) is 0 Å². The van der Waals surface area contributed by atoms with E-state index in [4.69, 9.17) is 26.4 Å². The van der Waals surface area contributed by atoms with Crippen LogP contribution in [0.4, 0.5) is 0 Å². The second-order valence-corrected chi connectivity index (χ2v) is 7.73. The number of rotatable bonds is 7. The molecule has 1 aliphatic heterocycles. The molecule has 27 heavy (non-hydrogen) atoms. The van der Waals surface area contributed by atoms with Crippen LogP contribution in [0.25, 0.3) is 6.08 Å². The summed E-state index contributed by atoms with van der Waals surface area (Å²) in [5.41, 5.74) is 0.771. The molecule has 0 spiro atoms.